The Hall–Kier alpha value is -4.94. The van der Waals surface area contributed by atoms with Gasteiger partial charge in [0.2, 0.25) is 11.3 Å². The minimum atomic E-state index is -0.547. The highest BCUT2D eigenvalue weighted by Crippen LogP contribution is 2.25. The van der Waals surface area contributed by atoms with E-state index in [1.807, 2.05) is 30.3 Å². The summed E-state index contributed by atoms with van der Waals surface area (Å²) in [5.41, 5.74) is 5.36. The fourth-order valence-corrected chi connectivity index (χ4v) is 4.10. The number of hydrogen-bond acceptors (Lipinski definition) is 10. The molecule has 1 aliphatic heterocycles. The van der Waals surface area contributed by atoms with E-state index in [4.69, 9.17) is 32.6 Å². The molecular weight excluding hydrogens is 545 g/mol. The number of carbonyl (C=O) groups is 1. The van der Waals surface area contributed by atoms with E-state index in [0.29, 0.717) is 43.6 Å². The molecule has 0 spiro atoms. The Kier molecular flexibility index (Phi) is 6.53. The molecule has 0 aliphatic carbocycles. The number of benzene rings is 3. The van der Waals surface area contributed by atoms with Gasteiger partial charge < -0.3 is 10.1 Å². The number of nitrogens with zero attached hydrogens (tertiary/aromatic N) is 7. The molecule has 1 aliphatic rings. The topological polar surface area (TPSA) is 152 Å². The molecule has 39 heavy (non-hydrogen) atoms. The minimum Gasteiger partial charge on any atom is -0.488 e. The first kappa shape index (κ1) is 24.4. The molecule has 2 amide bonds. The fraction of sp³-hybridized carbons (Fsp3) is 0.0400. The van der Waals surface area contributed by atoms with Crippen LogP contribution in [0, 0.1) is 0 Å². The summed E-state index contributed by atoms with van der Waals surface area (Å²) < 4.78 is 10.7. The van der Waals surface area contributed by atoms with E-state index in [9.17, 15) is 4.79 Å². The van der Waals surface area contributed by atoms with Crippen LogP contribution >= 0.6 is 23.2 Å². The van der Waals surface area contributed by atoms with Gasteiger partial charge in [0.25, 0.3) is 0 Å². The van der Waals surface area contributed by atoms with Gasteiger partial charge in [-0.25, -0.2) is 14.4 Å². The number of hydrogen-bond donors (Lipinski definition) is 2. The van der Waals surface area contributed by atoms with Crippen molar-refractivity contribution < 1.29 is 14.2 Å². The molecule has 192 valence electrons. The number of amides is 2. The summed E-state index contributed by atoms with van der Waals surface area (Å²) in [6.45, 7) is 0.246. The number of hydrazone groups is 1. The van der Waals surface area contributed by atoms with Gasteiger partial charge in [0, 0.05) is 26.9 Å². The smallest absolute Gasteiger partial charge is 0.368 e. The second-order valence-corrected chi connectivity index (χ2v) is 8.94. The van der Waals surface area contributed by atoms with E-state index < -0.39 is 6.03 Å². The van der Waals surface area contributed by atoms with Crippen molar-refractivity contribution in [1.29, 1.82) is 0 Å². The number of carbonyl (C=O) groups excluding carboxylic acids is 1. The summed E-state index contributed by atoms with van der Waals surface area (Å²) in [4.78, 5) is 28.0. The quantitative estimate of drug-likeness (QED) is 0.207. The van der Waals surface area contributed by atoms with Gasteiger partial charge in [0.1, 0.15) is 12.4 Å². The fourth-order valence-electron chi connectivity index (χ4n) is 3.63. The average molecular weight is 560 g/mol. The SMILES string of the molecule is O=C1N=c2ccc(Nc3nc4nonc4nc3N/N=C/c3ccccc3OCc3ccc(Cl)cc3Cl)cc2=N1. The van der Waals surface area contributed by atoms with Crippen molar-refractivity contribution in [3.63, 3.8) is 0 Å². The van der Waals surface area contributed by atoms with E-state index >= 15 is 0 Å². The molecule has 3 heterocycles. The Morgan fingerprint density at radius 3 is 2.56 bits per heavy atom. The Labute approximate surface area is 229 Å². The third kappa shape index (κ3) is 5.37. The summed E-state index contributed by atoms with van der Waals surface area (Å²) >= 11 is 12.2. The van der Waals surface area contributed by atoms with Crippen molar-refractivity contribution in [2.75, 3.05) is 10.7 Å². The van der Waals surface area contributed by atoms with Crippen LogP contribution in [0.3, 0.4) is 0 Å². The van der Waals surface area contributed by atoms with Crippen LogP contribution in [0.2, 0.25) is 10.0 Å². The molecule has 0 radical (unpaired) electrons. The lowest BCUT2D eigenvalue weighted by atomic mass is 10.2. The molecule has 5 aromatic rings. The van der Waals surface area contributed by atoms with E-state index in [1.165, 1.54) is 0 Å². The van der Waals surface area contributed by atoms with Gasteiger partial charge in [-0.3, -0.25) is 5.43 Å². The van der Waals surface area contributed by atoms with Crippen molar-refractivity contribution in [2.24, 2.45) is 15.1 Å². The third-order valence-corrected chi connectivity index (χ3v) is 6.06. The lowest BCUT2D eigenvalue weighted by Gasteiger charge is -2.11. The maximum Gasteiger partial charge on any atom is 0.368 e. The normalized spacial score (nSPS) is 12.3. The molecule has 0 saturated heterocycles. The molecule has 0 saturated carbocycles. The standard InChI is InChI=1S/C25H15Cl2N9O3/c26-15-6-5-14(17(27)9-15)12-38-20-4-2-1-3-13(20)11-28-34-22-21(32-23-24(33-22)36-39-35-23)29-16-7-8-18-19(10-16)31-25(37)30-18/h1-11H,12H2,(H,29,32,35)(H,33,34,36)/b28-11+. The highest BCUT2D eigenvalue weighted by Gasteiger charge is 2.14. The van der Waals surface area contributed by atoms with Crippen molar-refractivity contribution in [3.8, 4) is 5.75 Å². The van der Waals surface area contributed by atoms with Crippen LogP contribution in [0.15, 0.2) is 80.4 Å². The van der Waals surface area contributed by atoms with Gasteiger partial charge in [-0.2, -0.15) is 20.1 Å². The third-order valence-electron chi connectivity index (χ3n) is 5.48. The first-order valence-corrected chi connectivity index (χ1v) is 12.1. The van der Waals surface area contributed by atoms with Crippen LogP contribution in [-0.2, 0) is 6.61 Å². The van der Waals surface area contributed by atoms with Crippen molar-refractivity contribution >= 4 is 64.1 Å². The van der Waals surface area contributed by atoms with Crippen LogP contribution in [-0.4, -0.2) is 32.5 Å². The van der Waals surface area contributed by atoms with E-state index in [0.717, 1.165) is 5.56 Å². The lowest BCUT2D eigenvalue weighted by Crippen LogP contribution is -2.21. The van der Waals surface area contributed by atoms with Crippen molar-refractivity contribution in [3.05, 3.63) is 92.6 Å². The molecule has 0 bridgehead atoms. The molecule has 2 N–H and O–H groups in total. The number of anilines is 3. The molecule has 3 aromatic carbocycles. The predicted molar refractivity (Wildman–Crippen MR) is 143 cm³/mol. The maximum atomic E-state index is 11.5. The summed E-state index contributed by atoms with van der Waals surface area (Å²) in [7, 11) is 0. The second kappa shape index (κ2) is 10.4. The zero-order valence-corrected chi connectivity index (χ0v) is 21.2. The number of para-hydroxylation sites is 1. The van der Waals surface area contributed by atoms with E-state index in [2.05, 4.69) is 46.1 Å². The van der Waals surface area contributed by atoms with E-state index in [1.54, 1.807) is 36.5 Å². The molecule has 0 atom stereocenters. The van der Waals surface area contributed by atoms with Gasteiger partial charge in [-0.15, -0.1) is 0 Å². The molecule has 12 nitrogen and oxygen atoms in total. The highest BCUT2D eigenvalue weighted by atomic mass is 35.5. The maximum absolute atomic E-state index is 11.5. The average Bonchev–Trinajstić information content (AvgIpc) is 3.53. The van der Waals surface area contributed by atoms with Crippen LogP contribution in [0.25, 0.3) is 11.3 Å². The van der Waals surface area contributed by atoms with Crippen molar-refractivity contribution in [2.45, 2.75) is 6.61 Å². The summed E-state index contributed by atoms with van der Waals surface area (Å²) in [5.74, 6) is 1.13. The predicted octanol–water partition coefficient (Wildman–Crippen LogP) is 4.46. The zero-order valence-electron chi connectivity index (χ0n) is 19.7. The number of urea groups is 1. The Morgan fingerprint density at radius 2 is 1.72 bits per heavy atom. The number of nitrogens with one attached hydrogen (secondary N) is 2. The number of fused-ring (bicyclic) bond motifs is 2. The number of aromatic nitrogens is 4. The summed E-state index contributed by atoms with van der Waals surface area (Å²) in [6.07, 6.45) is 1.58. The molecule has 0 fully saturated rings. The molecule has 14 heteroatoms. The van der Waals surface area contributed by atoms with E-state index in [-0.39, 0.29) is 23.7 Å². The molecule has 2 aromatic heterocycles. The van der Waals surface area contributed by atoms with Crippen LogP contribution in [0.1, 0.15) is 11.1 Å². The van der Waals surface area contributed by atoms with Crippen LogP contribution in [0.5, 0.6) is 5.75 Å². The summed E-state index contributed by atoms with van der Waals surface area (Å²) in [6, 6.07) is 17.1. The van der Waals surface area contributed by atoms with Crippen LogP contribution < -0.4 is 26.2 Å². The zero-order chi connectivity index (χ0) is 26.8. The first-order chi connectivity index (χ1) is 19.0. The van der Waals surface area contributed by atoms with Crippen molar-refractivity contribution in [1.82, 2.24) is 20.3 Å². The number of ether oxygens (including phenoxy) is 1. The monoisotopic (exact) mass is 559 g/mol. The molecule has 0 unspecified atom stereocenters. The largest absolute Gasteiger partial charge is 0.488 e. The highest BCUT2D eigenvalue weighted by molar-refractivity contribution is 6.35. The van der Waals surface area contributed by atoms with Gasteiger partial charge >= 0.3 is 6.03 Å². The molecular formula is C25H15Cl2N9O3. The van der Waals surface area contributed by atoms with Gasteiger partial charge in [-0.1, -0.05) is 41.4 Å². The van der Waals surface area contributed by atoms with Gasteiger partial charge in [0.15, 0.2) is 11.6 Å². The minimum absolute atomic E-state index is 0.190. The second-order valence-electron chi connectivity index (χ2n) is 8.10. The molecule has 6 rings (SSSR count). The Morgan fingerprint density at radius 1 is 0.923 bits per heavy atom. The van der Waals surface area contributed by atoms with Crippen LogP contribution in [0.4, 0.5) is 22.1 Å². The number of halogens is 2. The van der Waals surface area contributed by atoms with Gasteiger partial charge in [0.05, 0.1) is 16.9 Å². The Bertz CT molecular complexity index is 1890. The lowest BCUT2D eigenvalue weighted by molar-refractivity contribution is 0.256. The number of rotatable bonds is 8. The first-order valence-electron chi connectivity index (χ1n) is 11.4. The summed E-state index contributed by atoms with van der Waals surface area (Å²) in [5, 5.41) is 17.0. The van der Waals surface area contributed by atoms with Gasteiger partial charge in [-0.05, 0) is 52.8 Å². The Balaban J connectivity index is 1.23.